The predicted molar refractivity (Wildman–Crippen MR) is 74.5 cm³/mol. The second kappa shape index (κ2) is 5.63. The van der Waals surface area contributed by atoms with Crippen LogP contribution in [0.1, 0.15) is 25.3 Å². The summed E-state index contributed by atoms with van der Waals surface area (Å²) in [7, 11) is 0. The van der Waals surface area contributed by atoms with Crippen molar-refractivity contribution in [2.45, 2.75) is 25.3 Å². The Kier molecular flexibility index (Phi) is 3.91. The van der Waals surface area contributed by atoms with E-state index in [1.165, 1.54) is 0 Å². The van der Waals surface area contributed by atoms with Gasteiger partial charge in [0.1, 0.15) is 5.54 Å². The first-order valence-electron chi connectivity index (χ1n) is 6.53. The van der Waals surface area contributed by atoms with Crippen LogP contribution in [0.25, 0.3) is 0 Å². The van der Waals surface area contributed by atoms with Crippen LogP contribution in [0.2, 0.25) is 0 Å². The third kappa shape index (κ3) is 3.27. The van der Waals surface area contributed by atoms with Crippen LogP contribution >= 0.6 is 0 Å². The maximum absolute atomic E-state index is 11.9. The van der Waals surface area contributed by atoms with Crippen molar-refractivity contribution in [1.29, 1.82) is 10.5 Å². The monoisotopic (exact) mass is 268 g/mol. The minimum atomic E-state index is -0.771. The van der Waals surface area contributed by atoms with Crippen molar-refractivity contribution in [3.05, 3.63) is 29.8 Å². The molecule has 0 aromatic heterocycles. The van der Waals surface area contributed by atoms with Crippen molar-refractivity contribution in [3.8, 4) is 12.1 Å². The molecule has 1 aliphatic carbocycles. The van der Waals surface area contributed by atoms with Gasteiger partial charge in [-0.3, -0.25) is 4.79 Å². The van der Waals surface area contributed by atoms with Crippen molar-refractivity contribution in [1.82, 2.24) is 5.32 Å². The summed E-state index contributed by atoms with van der Waals surface area (Å²) in [5, 5.41) is 23.7. The van der Waals surface area contributed by atoms with E-state index in [9.17, 15) is 10.1 Å². The lowest BCUT2D eigenvalue weighted by Gasteiger charge is -2.23. The molecule has 1 aromatic rings. The number of rotatable bonds is 5. The Balaban J connectivity index is 1.89. The van der Waals surface area contributed by atoms with Gasteiger partial charge < -0.3 is 10.6 Å². The van der Waals surface area contributed by atoms with E-state index in [0.717, 1.165) is 12.8 Å². The first kappa shape index (κ1) is 13.9. The average molecular weight is 268 g/mol. The Bertz CT molecular complexity index is 595. The number of nitrogens with one attached hydrogen (secondary N) is 2. The maximum Gasteiger partial charge on any atom is 0.240 e. The van der Waals surface area contributed by atoms with Crippen molar-refractivity contribution >= 4 is 11.6 Å². The zero-order chi connectivity index (χ0) is 14.6. The summed E-state index contributed by atoms with van der Waals surface area (Å²) in [5.41, 5.74) is 0.479. The molecule has 1 aromatic carbocycles. The van der Waals surface area contributed by atoms with Crippen LogP contribution in [0, 0.1) is 28.6 Å². The molecule has 102 valence electrons. The second-order valence-electron chi connectivity index (χ2n) is 5.18. The number of hydrogen-bond acceptors (Lipinski definition) is 4. The minimum Gasteiger partial charge on any atom is -0.376 e. The predicted octanol–water partition coefficient (Wildman–Crippen LogP) is 1.78. The lowest BCUT2D eigenvalue weighted by molar-refractivity contribution is -0.120. The average Bonchev–Trinajstić information content (AvgIpc) is 3.30. The summed E-state index contributed by atoms with van der Waals surface area (Å²) in [4.78, 5) is 11.9. The molecule has 1 atom stereocenters. The van der Waals surface area contributed by atoms with Gasteiger partial charge >= 0.3 is 0 Å². The zero-order valence-electron chi connectivity index (χ0n) is 11.3. The third-order valence-electron chi connectivity index (χ3n) is 3.47. The third-order valence-corrected chi connectivity index (χ3v) is 3.47. The molecule has 0 radical (unpaired) electrons. The van der Waals surface area contributed by atoms with Crippen LogP contribution in [-0.2, 0) is 4.79 Å². The second-order valence-corrected chi connectivity index (χ2v) is 5.18. The Morgan fingerprint density at radius 1 is 1.45 bits per heavy atom. The van der Waals surface area contributed by atoms with Crippen LogP contribution in [0.5, 0.6) is 0 Å². The van der Waals surface area contributed by atoms with Crippen molar-refractivity contribution in [3.63, 3.8) is 0 Å². The number of carbonyl (C=O) groups is 1. The number of hydrogen-bond donors (Lipinski definition) is 2. The molecule has 0 aliphatic heterocycles. The van der Waals surface area contributed by atoms with E-state index >= 15 is 0 Å². The van der Waals surface area contributed by atoms with Crippen molar-refractivity contribution in [2.24, 2.45) is 5.92 Å². The Hall–Kier alpha value is -2.53. The summed E-state index contributed by atoms with van der Waals surface area (Å²) in [6.45, 7) is 1.84. The Morgan fingerprint density at radius 2 is 2.20 bits per heavy atom. The van der Waals surface area contributed by atoms with Gasteiger partial charge in [0.05, 0.1) is 24.2 Å². The van der Waals surface area contributed by atoms with Crippen LogP contribution < -0.4 is 10.6 Å². The van der Waals surface area contributed by atoms with Gasteiger partial charge in [0, 0.05) is 5.69 Å². The molecule has 1 saturated carbocycles. The van der Waals surface area contributed by atoms with Gasteiger partial charge in [-0.2, -0.15) is 10.5 Å². The SMILES string of the molecule is CC(C#N)(NC(=O)CNc1cccc(C#N)c1)C1CC1. The lowest BCUT2D eigenvalue weighted by atomic mass is 9.98. The van der Waals surface area contributed by atoms with E-state index in [1.54, 1.807) is 31.2 Å². The number of anilines is 1. The highest BCUT2D eigenvalue weighted by atomic mass is 16.2. The van der Waals surface area contributed by atoms with Gasteiger partial charge in [-0.25, -0.2) is 0 Å². The first-order valence-corrected chi connectivity index (χ1v) is 6.53. The standard InChI is InChI=1S/C15H16N4O/c1-15(10-17,12-5-6-12)19-14(20)9-18-13-4-2-3-11(7-13)8-16/h2-4,7,12,18H,5-6,9H2,1H3,(H,19,20). The molecule has 1 amide bonds. The first-order chi connectivity index (χ1) is 9.57. The summed E-state index contributed by atoms with van der Waals surface area (Å²) >= 11 is 0. The summed E-state index contributed by atoms with van der Waals surface area (Å²) in [6.07, 6.45) is 1.98. The smallest absolute Gasteiger partial charge is 0.240 e. The van der Waals surface area contributed by atoms with Gasteiger partial charge in [-0.05, 0) is 43.9 Å². The molecule has 2 rings (SSSR count). The molecule has 1 fully saturated rings. The molecular weight excluding hydrogens is 252 g/mol. The van der Waals surface area contributed by atoms with Gasteiger partial charge in [-0.15, -0.1) is 0 Å². The highest BCUT2D eigenvalue weighted by Gasteiger charge is 2.42. The minimum absolute atomic E-state index is 0.0822. The number of benzene rings is 1. The molecule has 0 saturated heterocycles. The number of nitrogens with zero attached hydrogens (tertiary/aromatic N) is 2. The fourth-order valence-electron chi connectivity index (χ4n) is 2.10. The van der Waals surface area contributed by atoms with Crippen molar-refractivity contribution < 1.29 is 4.79 Å². The molecule has 5 heteroatoms. The lowest BCUT2D eigenvalue weighted by Crippen LogP contribution is -2.48. The van der Waals surface area contributed by atoms with E-state index in [0.29, 0.717) is 11.3 Å². The van der Waals surface area contributed by atoms with Crippen LogP contribution in [0.3, 0.4) is 0 Å². The van der Waals surface area contributed by atoms with Gasteiger partial charge in [-0.1, -0.05) is 6.07 Å². The largest absolute Gasteiger partial charge is 0.376 e. The maximum atomic E-state index is 11.9. The number of amides is 1. The topological polar surface area (TPSA) is 88.7 Å². The number of nitriles is 2. The zero-order valence-corrected chi connectivity index (χ0v) is 11.3. The van der Waals surface area contributed by atoms with E-state index in [4.69, 9.17) is 5.26 Å². The summed E-state index contributed by atoms with van der Waals surface area (Å²) in [5.74, 6) is 0.0432. The Labute approximate surface area is 118 Å². The summed E-state index contributed by atoms with van der Waals surface area (Å²) < 4.78 is 0. The fourth-order valence-corrected chi connectivity index (χ4v) is 2.10. The molecular formula is C15H16N4O. The molecule has 0 bridgehead atoms. The van der Waals surface area contributed by atoms with E-state index in [2.05, 4.69) is 16.7 Å². The van der Waals surface area contributed by atoms with Crippen LogP contribution in [0.4, 0.5) is 5.69 Å². The molecule has 1 aliphatic rings. The molecule has 0 spiro atoms. The fraction of sp³-hybridized carbons (Fsp3) is 0.400. The van der Waals surface area contributed by atoms with E-state index in [-0.39, 0.29) is 18.4 Å². The Morgan fingerprint density at radius 3 is 2.80 bits per heavy atom. The molecule has 1 unspecified atom stereocenters. The highest BCUT2D eigenvalue weighted by Crippen LogP contribution is 2.39. The van der Waals surface area contributed by atoms with E-state index in [1.807, 2.05) is 6.07 Å². The molecule has 2 N–H and O–H groups in total. The molecule has 5 nitrogen and oxygen atoms in total. The van der Waals surface area contributed by atoms with Gasteiger partial charge in [0.15, 0.2) is 0 Å². The van der Waals surface area contributed by atoms with Gasteiger partial charge in [0.25, 0.3) is 0 Å². The van der Waals surface area contributed by atoms with Crippen molar-refractivity contribution in [2.75, 3.05) is 11.9 Å². The highest BCUT2D eigenvalue weighted by molar-refractivity contribution is 5.82. The molecule has 20 heavy (non-hydrogen) atoms. The van der Waals surface area contributed by atoms with Crippen LogP contribution in [0.15, 0.2) is 24.3 Å². The quantitative estimate of drug-likeness (QED) is 0.851. The van der Waals surface area contributed by atoms with Gasteiger partial charge in [0.2, 0.25) is 5.91 Å². The van der Waals surface area contributed by atoms with Crippen LogP contribution in [-0.4, -0.2) is 18.0 Å². The van der Waals surface area contributed by atoms with E-state index < -0.39 is 5.54 Å². The molecule has 0 heterocycles. The normalized spacial score (nSPS) is 16.4. The number of carbonyl (C=O) groups excluding carboxylic acids is 1. The summed E-state index contributed by atoms with van der Waals surface area (Å²) in [6, 6.07) is 11.1.